The molecule has 0 aromatic heterocycles. The SMILES string of the molecule is O=C(OC(=O)[C@@H]1CCCN1)C1CCCCC1S. The van der Waals surface area contributed by atoms with Crippen LogP contribution in [0.3, 0.4) is 0 Å². The first kappa shape index (κ1) is 12.9. The molecule has 0 aromatic rings. The van der Waals surface area contributed by atoms with Crippen molar-refractivity contribution in [3.05, 3.63) is 0 Å². The molecule has 1 aliphatic heterocycles. The summed E-state index contributed by atoms with van der Waals surface area (Å²) < 4.78 is 4.95. The highest BCUT2D eigenvalue weighted by atomic mass is 32.1. The molecule has 0 radical (unpaired) electrons. The molecule has 0 bridgehead atoms. The van der Waals surface area contributed by atoms with Crippen LogP contribution in [0.5, 0.6) is 0 Å². The molecular weight excluding hydrogens is 238 g/mol. The van der Waals surface area contributed by atoms with Crippen molar-refractivity contribution in [3.8, 4) is 0 Å². The Labute approximate surface area is 107 Å². The van der Waals surface area contributed by atoms with Crippen LogP contribution in [0.1, 0.15) is 38.5 Å². The lowest BCUT2D eigenvalue weighted by atomic mass is 9.89. The van der Waals surface area contributed by atoms with E-state index in [-0.39, 0.29) is 23.2 Å². The number of rotatable bonds is 2. The van der Waals surface area contributed by atoms with Gasteiger partial charge >= 0.3 is 11.9 Å². The molecule has 1 N–H and O–H groups in total. The number of ether oxygens (including phenoxy) is 1. The molecule has 0 amide bonds. The van der Waals surface area contributed by atoms with Crippen LogP contribution in [0, 0.1) is 5.92 Å². The van der Waals surface area contributed by atoms with Crippen LogP contribution in [-0.4, -0.2) is 29.8 Å². The maximum absolute atomic E-state index is 11.9. The van der Waals surface area contributed by atoms with E-state index in [9.17, 15) is 9.59 Å². The normalized spacial score (nSPS) is 33.4. The smallest absolute Gasteiger partial charge is 0.330 e. The number of carbonyl (C=O) groups is 2. The molecule has 4 nitrogen and oxygen atoms in total. The van der Waals surface area contributed by atoms with Gasteiger partial charge in [-0.3, -0.25) is 4.79 Å². The molecule has 2 rings (SSSR count). The Balaban J connectivity index is 1.84. The number of carbonyl (C=O) groups excluding carboxylic acids is 2. The van der Waals surface area contributed by atoms with Crippen LogP contribution in [0.4, 0.5) is 0 Å². The average molecular weight is 257 g/mol. The summed E-state index contributed by atoms with van der Waals surface area (Å²) in [6.45, 7) is 0.826. The van der Waals surface area contributed by atoms with Crippen molar-refractivity contribution in [2.24, 2.45) is 5.92 Å². The van der Waals surface area contributed by atoms with E-state index in [4.69, 9.17) is 4.74 Å². The summed E-state index contributed by atoms with van der Waals surface area (Å²) in [5.74, 6) is -1.01. The van der Waals surface area contributed by atoms with Crippen molar-refractivity contribution in [3.63, 3.8) is 0 Å². The van der Waals surface area contributed by atoms with E-state index < -0.39 is 5.97 Å². The second kappa shape index (κ2) is 5.87. The van der Waals surface area contributed by atoms with Crippen molar-refractivity contribution in [1.29, 1.82) is 0 Å². The third-order valence-corrected chi connectivity index (χ3v) is 4.20. The standard InChI is InChI=1S/C12H19NO3S/c14-11(8-4-1-2-6-10(8)17)16-12(15)9-5-3-7-13-9/h8-10,13,17H,1-7H2/t8?,9-,10?/m0/s1. The van der Waals surface area contributed by atoms with Crippen molar-refractivity contribution in [2.45, 2.75) is 49.8 Å². The summed E-state index contributed by atoms with van der Waals surface area (Å²) in [5.41, 5.74) is 0. The predicted octanol–water partition coefficient (Wildman–Crippen LogP) is 1.30. The van der Waals surface area contributed by atoms with Crippen LogP contribution in [0.15, 0.2) is 0 Å². The third-order valence-electron chi connectivity index (χ3n) is 3.58. The number of esters is 2. The van der Waals surface area contributed by atoms with Gasteiger partial charge in [-0.25, -0.2) is 4.79 Å². The molecule has 1 saturated heterocycles. The Morgan fingerprint density at radius 3 is 2.47 bits per heavy atom. The fraction of sp³-hybridized carbons (Fsp3) is 0.833. The Kier molecular flexibility index (Phi) is 4.45. The van der Waals surface area contributed by atoms with Gasteiger partial charge in [0.05, 0.1) is 5.92 Å². The van der Waals surface area contributed by atoms with E-state index in [0.717, 1.165) is 45.1 Å². The summed E-state index contributed by atoms with van der Waals surface area (Å²) >= 11 is 4.40. The zero-order valence-corrected chi connectivity index (χ0v) is 10.7. The maximum Gasteiger partial charge on any atom is 0.330 e. The molecule has 5 heteroatoms. The molecule has 17 heavy (non-hydrogen) atoms. The van der Waals surface area contributed by atoms with Gasteiger partial charge in [0, 0.05) is 5.25 Å². The zero-order valence-electron chi connectivity index (χ0n) is 9.85. The topological polar surface area (TPSA) is 55.4 Å². The number of hydrogen-bond donors (Lipinski definition) is 2. The minimum atomic E-state index is -0.418. The van der Waals surface area contributed by atoms with Crippen molar-refractivity contribution in [2.75, 3.05) is 6.54 Å². The highest BCUT2D eigenvalue weighted by Gasteiger charge is 2.33. The summed E-state index contributed by atoms with van der Waals surface area (Å²) in [4.78, 5) is 23.5. The molecular formula is C12H19NO3S. The molecule has 2 fully saturated rings. The van der Waals surface area contributed by atoms with Crippen LogP contribution < -0.4 is 5.32 Å². The number of nitrogens with one attached hydrogen (secondary N) is 1. The molecule has 1 aliphatic carbocycles. The molecule has 0 spiro atoms. The zero-order chi connectivity index (χ0) is 12.3. The van der Waals surface area contributed by atoms with E-state index in [2.05, 4.69) is 17.9 Å². The van der Waals surface area contributed by atoms with Gasteiger partial charge in [-0.15, -0.1) is 0 Å². The third kappa shape index (κ3) is 3.22. The van der Waals surface area contributed by atoms with Gasteiger partial charge in [0.15, 0.2) is 0 Å². The Morgan fingerprint density at radius 1 is 1.06 bits per heavy atom. The minimum Gasteiger partial charge on any atom is -0.392 e. The Bertz CT molecular complexity index is 302. The first-order chi connectivity index (χ1) is 8.18. The second-order valence-electron chi connectivity index (χ2n) is 4.85. The summed E-state index contributed by atoms with van der Waals surface area (Å²) in [7, 11) is 0. The van der Waals surface area contributed by atoms with Gasteiger partial charge in [0.1, 0.15) is 6.04 Å². The van der Waals surface area contributed by atoms with Crippen LogP contribution >= 0.6 is 12.6 Å². The van der Waals surface area contributed by atoms with Gasteiger partial charge < -0.3 is 10.1 Å². The summed E-state index contributed by atoms with van der Waals surface area (Å²) in [5, 5.41) is 3.07. The number of hydrogen-bond acceptors (Lipinski definition) is 5. The van der Waals surface area contributed by atoms with Crippen molar-refractivity contribution in [1.82, 2.24) is 5.32 Å². The minimum absolute atomic E-state index is 0.0422. The fourth-order valence-corrected chi connectivity index (χ4v) is 2.97. The highest BCUT2D eigenvalue weighted by molar-refractivity contribution is 7.81. The van der Waals surface area contributed by atoms with Crippen LogP contribution in [-0.2, 0) is 14.3 Å². The lowest BCUT2D eigenvalue weighted by molar-refractivity contribution is -0.164. The first-order valence-electron chi connectivity index (χ1n) is 6.35. The second-order valence-corrected chi connectivity index (χ2v) is 5.51. The molecule has 96 valence electrons. The highest BCUT2D eigenvalue weighted by Crippen LogP contribution is 2.29. The Hall–Kier alpha value is -0.550. The van der Waals surface area contributed by atoms with Crippen molar-refractivity contribution >= 4 is 24.6 Å². The van der Waals surface area contributed by atoms with E-state index in [1.54, 1.807) is 0 Å². The molecule has 2 aliphatic rings. The lowest BCUT2D eigenvalue weighted by Crippen LogP contribution is -2.37. The van der Waals surface area contributed by atoms with Crippen LogP contribution in [0.2, 0.25) is 0 Å². The van der Waals surface area contributed by atoms with Crippen molar-refractivity contribution < 1.29 is 14.3 Å². The largest absolute Gasteiger partial charge is 0.392 e. The molecule has 0 aromatic carbocycles. The molecule has 1 saturated carbocycles. The van der Waals surface area contributed by atoms with Gasteiger partial charge in [0.25, 0.3) is 0 Å². The molecule has 1 heterocycles. The summed E-state index contributed by atoms with van der Waals surface area (Å²) in [6.07, 6.45) is 5.58. The first-order valence-corrected chi connectivity index (χ1v) is 6.87. The molecule has 3 atom stereocenters. The number of thiol groups is 1. The van der Waals surface area contributed by atoms with Gasteiger partial charge in [-0.05, 0) is 32.2 Å². The maximum atomic E-state index is 11.9. The van der Waals surface area contributed by atoms with Gasteiger partial charge in [-0.2, -0.15) is 12.6 Å². The van der Waals surface area contributed by atoms with E-state index in [1.165, 1.54) is 0 Å². The average Bonchev–Trinajstić information content (AvgIpc) is 2.82. The lowest BCUT2D eigenvalue weighted by Gasteiger charge is -2.25. The van der Waals surface area contributed by atoms with E-state index in [1.807, 2.05) is 0 Å². The molecule has 2 unspecified atom stereocenters. The van der Waals surface area contributed by atoms with Gasteiger partial charge in [0.2, 0.25) is 0 Å². The van der Waals surface area contributed by atoms with Crippen LogP contribution in [0.25, 0.3) is 0 Å². The summed E-state index contributed by atoms with van der Waals surface area (Å²) in [6, 6.07) is -0.291. The van der Waals surface area contributed by atoms with E-state index >= 15 is 0 Å². The quantitative estimate of drug-likeness (QED) is 0.445. The monoisotopic (exact) mass is 257 g/mol. The Morgan fingerprint density at radius 2 is 1.82 bits per heavy atom. The fourth-order valence-electron chi connectivity index (χ4n) is 2.52. The van der Waals surface area contributed by atoms with E-state index in [0.29, 0.717) is 0 Å². The predicted molar refractivity (Wildman–Crippen MR) is 66.9 cm³/mol. The van der Waals surface area contributed by atoms with Gasteiger partial charge in [-0.1, -0.05) is 12.8 Å².